The molecule has 0 saturated carbocycles. The molecule has 0 heterocycles. The maximum Gasteiger partial charge on any atom is 0.197 e. The minimum absolute atomic E-state index is 1.13. The summed E-state index contributed by atoms with van der Waals surface area (Å²) in [6.45, 7) is 1.13. The Morgan fingerprint density at radius 1 is 1.83 bits per heavy atom. The average molecular weight is 112 g/mol. The molecule has 0 saturated heterocycles. The zero-order valence-corrected chi connectivity index (χ0v) is 4.07. The van der Waals surface area contributed by atoms with Crippen molar-refractivity contribution >= 4 is 11.6 Å². The maximum atomic E-state index is 11.4. The summed E-state index contributed by atoms with van der Waals surface area (Å²) in [5, 5.41) is 9.62. The SMILES string of the molecule is CC(F)C([O])Cl. The van der Waals surface area contributed by atoms with E-state index in [1.54, 1.807) is 0 Å². The van der Waals surface area contributed by atoms with Crippen LogP contribution in [-0.2, 0) is 5.11 Å². The topological polar surface area (TPSA) is 19.9 Å². The Hall–Kier alpha value is 0.180. The molecule has 0 aromatic carbocycles. The lowest BCUT2D eigenvalue weighted by molar-refractivity contribution is 0.0880. The first-order chi connectivity index (χ1) is 2.64. The first-order valence-corrected chi connectivity index (χ1v) is 2.02. The second-order valence-corrected chi connectivity index (χ2v) is 1.46. The quantitative estimate of drug-likeness (QED) is 0.455. The summed E-state index contributed by atoms with van der Waals surface area (Å²) in [6, 6.07) is 0. The normalized spacial score (nSPS) is 20.0. The van der Waals surface area contributed by atoms with Crippen LogP contribution in [0.4, 0.5) is 4.39 Å². The van der Waals surface area contributed by atoms with Gasteiger partial charge in [0.05, 0.1) is 0 Å². The van der Waals surface area contributed by atoms with Crippen LogP contribution in [0.2, 0.25) is 0 Å². The molecule has 0 bridgehead atoms. The lowest BCUT2D eigenvalue weighted by Crippen LogP contribution is -2.07. The third-order valence-corrected chi connectivity index (χ3v) is 0.708. The summed E-state index contributed by atoms with van der Waals surface area (Å²) < 4.78 is 11.4. The van der Waals surface area contributed by atoms with E-state index in [0.29, 0.717) is 0 Å². The van der Waals surface area contributed by atoms with E-state index >= 15 is 0 Å². The van der Waals surface area contributed by atoms with Crippen molar-refractivity contribution in [2.45, 2.75) is 18.7 Å². The van der Waals surface area contributed by atoms with E-state index in [1.165, 1.54) is 0 Å². The molecule has 6 heavy (non-hydrogen) atoms. The summed E-state index contributed by atoms with van der Waals surface area (Å²) in [5.41, 5.74) is -1.59. The lowest BCUT2D eigenvalue weighted by Gasteiger charge is -1.94. The molecule has 0 aromatic heterocycles. The Morgan fingerprint density at radius 2 is 2.00 bits per heavy atom. The van der Waals surface area contributed by atoms with E-state index in [4.69, 9.17) is 0 Å². The lowest BCUT2D eigenvalue weighted by atomic mass is 10.5. The van der Waals surface area contributed by atoms with Crippen LogP contribution in [-0.4, -0.2) is 11.7 Å². The molecule has 37 valence electrons. The van der Waals surface area contributed by atoms with Crippen molar-refractivity contribution in [1.82, 2.24) is 0 Å². The van der Waals surface area contributed by atoms with Gasteiger partial charge in [-0.25, -0.2) is 9.50 Å². The molecule has 0 amide bonds. The highest BCUT2D eigenvalue weighted by Crippen LogP contribution is 2.00. The molecule has 3 heteroatoms. The van der Waals surface area contributed by atoms with Crippen molar-refractivity contribution in [2.75, 3.05) is 0 Å². The Kier molecular flexibility index (Phi) is 2.44. The van der Waals surface area contributed by atoms with Gasteiger partial charge in [0.25, 0.3) is 0 Å². The third kappa shape index (κ3) is 2.42. The molecule has 0 aliphatic carbocycles. The Balaban J connectivity index is 2.99. The van der Waals surface area contributed by atoms with Crippen LogP contribution >= 0.6 is 11.6 Å². The van der Waals surface area contributed by atoms with E-state index in [9.17, 15) is 9.50 Å². The van der Waals surface area contributed by atoms with Crippen molar-refractivity contribution in [3.63, 3.8) is 0 Å². The summed E-state index contributed by atoms with van der Waals surface area (Å²) in [5.74, 6) is 0. The van der Waals surface area contributed by atoms with Crippen LogP contribution in [0.1, 0.15) is 6.92 Å². The highest BCUT2D eigenvalue weighted by molar-refractivity contribution is 6.19. The summed E-state index contributed by atoms with van der Waals surface area (Å²) in [7, 11) is 0. The van der Waals surface area contributed by atoms with Gasteiger partial charge in [-0.3, -0.25) is 0 Å². The third-order valence-electron chi connectivity index (χ3n) is 0.361. The molecular weight excluding hydrogens is 106 g/mol. The molecule has 0 aliphatic heterocycles. The van der Waals surface area contributed by atoms with E-state index in [2.05, 4.69) is 11.6 Å². The molecule has 0 rings (SSSR count). The molecule has 1 radical (unpaired) electrons. The second kappa shape index (κ2) is 2.37. The molecule has 0 aliphatic rings. The van der Waals surface area contributed by atoms with Crippen LogP contribution < -0.4 is 0 Å². The van der Waals surface area contributed by atoms with Crippen molar-refractivity contribution in [3.05, 3.63) is 0 Å². The van der Waals surface area contributed by atoms with Crippen molar-refractivity contribution in [1.29, 1.82) is 0 Å². The average Bonchev–Trinajstić information content (AvgIpc) is 1.36. The molecule has 0 spiro atoms. The van der Waals surface area contributed by atoms with Gasteiger partial charge in [-0.05, 0) is 6.92 Å². The Morgan fingerprint density at radius 3 is 2.00 bits per heavy atom. The second-order valence-electron chi connectivity index (χ2n) is 1.03. The maximum absolute atomic E-state index is 11.4. The first kappa shape index (κ1) is 6.18. The standard InChI is InChI=1S/C3H5ClFO/c1-2(5)3(4)6/h2-3H,1H3. The van der Waals surface area contributed by atoms with Gasteiger partial charge in [-0.2, -0.15) is 0 Å². The van der Waals surface area contributed by atoms with Crippen molar-refractivity contribution < 1.29 is 9.50 Å². The molecule has 0 aromatic rings. The van der Waals surface area contributed by atoms with Gasteiger partial charge >= 0.3 is 0 Å². The fraction of sp³-hybridized carbons (Fsp3) is 1.00. The van der Waals surface area contributed by atoms with Gasteiger partial charge in [0.1, 0.15) is 6.17 Å². The fourth-order valence-corrected chi connectivity index (χ4v) is 0. The van der Waals surface area contributed by atoms with E-state index in [0.717, 1.165) is 6.92 Å². The number of rotatable bonds is 1. The van der Waals surface area contributed by atoms with Gasteiger partial charge in [-0.1, -0.05) is 11.6 Å². The molecular formula is C3H5ClFO. The zero-order valence-electron chi connectivity index (χ0n) is 3.32. The van der Waals surface area contributed by atoms with Gasteiger partial charge in [-0.15, -0.1) is 0 Å². The minimum Gasteiger partial charge on any atom is -0.243 e. The fourth-order valence-electron chi connectivity index (χ4n) is 0. The first-order valence-electron chi connectivity index (χ1n) is 1.58. The zero-order chi connectivity index (χ0) is 5.15. The van der Waals surface area contributed by atoms with E-state index in [1.807, 2.05) is 0 Å². The van der Waals surface area contributed by atoms with Crippen LogP contribution in [0, 0.1) is 0 Å². The van der Waals surface area contributed by atoms with Gasteiger partial charge in [0.2, 0.25) is 0 Å². The van der Waals surface area contributed by atoms with E-state index in [-0.39, 0.29) is 0 Å². The molecule has 2 unspecified atom stereocenters. The highest BCUT2D eigenvalue weighted by atomic mass is 35.5. The smallest absolute Gasteiger partial charge is 0.197 e. The van der Waals surface area contributed by atoms with Crippen LogP contribution in [0.3, 0.4) is 0 Å². The molecule has 2 atom stereocenters. The Labute approximate surface area is 40.7 Å². The highest BCUT2D eigenvalue weighted by Gasteiger charge is 2.08. The predicted molar refractivity (Wildman–Crippen MR) is 20.9 cm³/mol. The van der Waals surface area contributed by atoms with Crippen LogP contribution in [0.15, 0.2) is 0 Å². The monoisotopic (exact) mass is 111 g/mol. The van der Waals surface area contributed by atoms with Crippen molar-refractivity contribution in [3.8, 4) is 0 Å². The summed E-state index contributed by atoms with van der Waals surface area (Å²) >= 11 is 4.68. The van der Waals surface area contributed by atoms with Crippen LogP contribution in [0.5, 0.6) is 0 Å². The minimum atomic E-state index is -1.59. The number of halogens is 2. The molecule has 0 N–H and O–H groups in total. The summed E-state index contributed by atoms with van der Waals surface area (Å²) in [4.78, 5) is 0. The number of alkyl halides is 2. The summed E-state index contributed by atoms with van der Waals surface area (Å²) in [6.07, 6.45) is -1.44. The van der Waals surface area contributed by atoms with Gasteiger partial charge in [0, 0.05) is 0 Å². The number of hydrogen-bond donors (Lipinski definition) is 0. The van der Waals surface area contributed by atoms with E-state index < -0.39 is 11.7 Å². The van der Waals surface area contributed by atoms with Gasteiger partial charge < -0.3 is 0 Å². The van der Waals surface area contributed by atoms with Gasteiger partial charge in [0.15, 0.2) is 5.56 Å². The number of hydrogen-bond acceptors (Lipinski definition) is 0. The molecule has 1 nitrogen and oxygen atoms in total. The van der Waals surface area contributed by atoms with Crippen molar-refractivity contribution in [2.24, 2.45) is 0 Å². The molecule has 0 fully saturated rings. The largest absolute Gasteiger partial charge is 0.243 e. The predicted octanol–water partition coefficient (Wildman–Crippen LogP) is 1.34. The Bertz CT molecular complexity index is 31.8. The van der Waals surface area contributed by atoms with Crippen LogP contribution in [0.25, 0.3) is 0 Å².